The summed E-state index contributed by atoms with van der Waals surface area (Å²) >= 11 is 1.58. The summed E-state index contributed by atoms with van der Waals surface area (Å²) in [6.45, 7) is 2.10. The van der Waals surface area contributed by atoms with Crippen LogP contribution in [0.5, 0.6) is 0 Å². The van der Waals surface area contributed by atoms with Crippen molar-refractivity contribution in [1.29, 1.82) is 0 Å². The topological polar surface area (TPSA) is 86.5 Å². The lowest BCUT2D eigenvalue weighted by Gasteiger charge is -2.21. The van der Waals surface area contributed by atoms with E-state index in [1.807, 2.05) is 0 Å². The van der Waals surface area contributed by atoms with E-state index in [9.17, 15) is 13.2 Å². The fourth-order valence-electron chi connectivity index (χ4n) is 2.00. The van der Waals surface area contributed by atoms with Gasteiger partial charge in [-0.1, -0.05) is 0 Å². The van der Waals surface area contributed by atoms with E-state index in [0.29, 0.717) is 25.2 Å². The van der Waals surface area contributed by atoms with Gasteiger partial charge in [0.05, 0.1) is 12.4 Å². The summed E-state index contributed by atoms with van der Waals surface area (Å²) in [7, 11) is -2.91. The van der Waals surface area contributed by atoms with E-state index in [1.54, 1.807) is 18.7 Å². The first kappa shape index (κ1) is 15.8. The summed E-state index contributed by atoms with van der Waals surface area (Å²) in [5.74, 6) is 0.393. The van der Waals surface area contributed by atoms with Gasteiger partial charge in [0.25, 0.3) is 0 Å². The molecular weight excluding hydrogens is 274 g/mol. The highest BCUT2D eigenvalue weighted by atomic mass is 32.2. The number of esters is 1. The molecule has 0 aromatic heterocycles. The van der Waals surface area contributed by atoms with E-state index in [-0.39, 0.29) is 17.0 Å². The fraction of sp³-hybridized carbons (Fsp3) is 0.909. The standard InChI is InChI=1S/C11H21NO4S2/c1-3-16-10(13)11(12)5-4-9(8-11)17-6-7-18(2,14)15/h9H,3-8,12H2,1-2H3. The fourth-order valence-corrected chi connectivity index (χ4v) is 4.63. The Kier molecular flexibility index (Phi) is 5.48. The van der Waals surface area contributed by atoms with Crippen molar-refractivity contribution >= 4 is 27.6 Å². The number of thioether (sulfide) groups is 1. The zero-order chi connectivity index (χ0) is 13.8. The lowest BCUT2D eigenvalue weighted by atomic mass is 10.00. The first-order chi connectivity index (χ1) is 8.27. The Morgan fingerprint density at radius 1 is 1.56 bits per heavy atom. The van der Waals surface area contributed by atoms with Gasteiger partial charge in [-0.05, 0) is 26.2 Å². The molecular formula is C11H21NO4S2. The zero-order valence-electron chi connectivity index (χ0n) is 10.8. The maximum absolute atomic E-state index is 11.7. The second-order valence-electron chi connectivity index (χ2n) is 4.74. The molecule has 2 atom stereocenters. The van der Waals surface area contributed by atoms with Crippen molar-refractivity contribution in [2.75, 3.05) is 24.4 Å². The molecule has 2 N–H and O–H groups in total. The Morgan fingerprint density at radius 2 is 2.22 bits per heavy atom. The highest BCUT2D eigenvalue weighted by molar-refractivity contribution is 8.01. The molecule has 18 heavy (non-hydrogen) atoms. The highest BCUT2D eigenvalue weighted by Gasteiger charge is 2.43. The summed E-state index contributed by atoms with van der Waals surface area (Å²) in [5.41, 5.74) is 5.15. The van der Waals surface area contributed by atoms with Crippen molar-refractivity contribution in [3.05, 3.63) is 0 Å². The lowest BCUT2D eigenvalue weighted by Crippen LogP contribution is -2.47. The van der Waals surface area contributed by atoms with Crippen LogP contribution in [0.1, 0.15) is 26.2 Å². The summed E-state index contributed by atoms with van der Waals surface area (Å²) in [4.78, 5) is 11.7. The predicted octanol–water partition coefficient (Wildman–Crippen LogP) is 0.577. The van der Waals surface area contributed by atoms with Gasteiger partial charge in [-0.15, -0.1) is 0 Å². The van der Waals surface area contributed by atoms with Gasteiger partial charge < -0.3 is 10.5 Å². The molecule has 0 aliphatic heterocycles. The van der Waals surface area contributed by atoms with Gasteiger partial charge in [0.2, 0.25) is 0 Å². The Bertz CT molecular complexity index is 396. The highest BCUT2D eigenvalue weighted by Crippen LogP contribution is 2.36. The van der Waals surface area contributed by atoms with Crippen LogP contribution in [0.15, 0.2) is 0 Å². The minimum Gasteiger partial charge on any atom is -0.465 e. The van der Waals surface area contributed by atoms with Gasteiger partial charge in [0, 0.05) is 17.3 Å². The molecule has 0 radical (unpaired) electrons. The molecule has 1 aliphatic carbocycles. The average molecular weight is 295 g/mol. The Morgan fingerprint density at radius 3 is 2.78 bits per heavy atom. The third-order valence-corrected chi connectivity index (χ3v) is 5.51. The molecule has 0 spiro atoms. The zero-order valence-corrected chi connectivity index (χ0v) is 12.5. The molecule has 1 fully saturated rings. The smallest absolute Gasteiger partial charge is 0.326 e. The Balaban J connectivity index is 2.39. The first-order valence-electron chi connectivity index (χ1n) is 6.02. The van der Waals surface area contributed by atoms with Crippen molar-refractivity contribution in [3.8, 4) is 0 Å². The molecule has 0 heterocycles. The predicted molar refractivity (Wildman–Crippen MR) is 73.4 cm³/mol. The van der Waals surface area contributed by atoms with Crippen molar-refractivity contribution in [2.45, 2.75) is 37.0 Å². The number of nitrogens with two attached hydrogens (primary N) is 1. The summed E-state index contributed by atoms with van der Waals surface area (Å²) in [6, 6.07) is 0. The summed E-state index contributed by atoms with van der Waals surface area (Å²) < 4.78 is 27.0. The molecule has 106 valence electrons. The molecule has 0 bridgehead atoms. The van der Waals surface area contributed by atoms with Gasteiger partial charge in [0.1, 0.15) is 15.4 Å². The first-order valence-corrected chi connectivity index (χ1v) is 9.13. The van der Waals surface area contributed by atoms with Crippen LogP contribution in [0.2, 0.25) is 0 Å². The molecule has 2 unspecified atom stereocenters. The maximum atomic E-state index is 11.7. The monoisotopic (exact) mass is 295 g/mol. The Labute approximate surface area is 113 Å². The van der Waals surface area contributed by atoms with Crippen LogP contribution >= 0.6 is 11.8 Å². The quantitative estimate of drug-likeness (QED) is 0.721. The van der Waals surface area contributed by atoms with Crippen LogP contribution < -0.4 is 5.73 Å². The minimum absolute atomic E-state index is 0.172. The van der Waals surface area contributed by atoms with Gasteiger partial charge >= 0.3 is 5.97 Å². The van der Waals surface area contributed by atoms with Gasteiger partial charge in [-0.25, -0.2) is 8.42 Å². The van der Waals surface area contributed by atoms with Crippen molar-refractivity contribution in [1.82, 2.24) is 0 Å². The van der Waals surface area contributed by atoms with Crippen LogP contribution in [0.25, 0.3) is 0 Å². The summed E-state index contributed by atoms with van der Waals surface area (Å²) in [5, 5.41) is 0.251. The normalized spacial score (nSPS) is 28.3. The second kappa shape index (κ2) is 6.25. The maximum Gasteiger partial charge on any atom is 0.326 e. The molecule has 0 amide bonds. The van der Waals surface area contributed by atoms with Gasteiger partial charge in [-0.2, -0.15) is 11.8 Å². The number of ether oxygens (including phenoxy) is 1. The molecule has 0 aromatic rings. The second-order valence-corrected chi connectivity index (χ2v) is 8.41. The van der Waals surface area contributed by atoms with Gasteiger partial charge in [-0.3, -0.25) is 4.79 Å². The lowest BCUT2D eigenvalue weighted by molar-refractivity contribution is -0.149. The number of carbonyl (C=O) groups excluding carboxylic acids is 1. The largest absolute Gasteiger partial charge is 0.465 e. The van der Waals surface area contributed by atoms with Crippen LogP contribution in [-0.2, 0) is 19.4 Å². The van der Waals surface area contributed by atoms with E-state index in [0.717, 1.165) is 6.42 Å². The van der Waals surface area contributed by atoms with E-state index < -0.39 is 15.4 Å². The minimum atomic E-state index is -2.91. The van der Waals surface area contributed by atoms with Crippen LogP contribution in [-0.4, -0.2) is 49.5 Å². The van der Waals surface area contributed by atoms with Gasteiger partial charge in [0.15, 0.2) is 0 Å². The van der Waals surface area contributed by atoms with Crippen molar-refractivity contribution in [3.63, 3.8) is 0 Å². The molecule has 7 heteroatoms. The van der Waals surface area contributed by atoms with E-state index in [2.05, 4.69) is 0 Å². The SMILES string of the molecule is CCOC(=O)C1(N)CCC(SCCS(C)(=O)=O)C1. The molecule has 1 aliphatic rings. The third kappa shape index (κ3) is 4.78. The number of hydrogen-bond acceptors (Lipinski definition) is 6. The van der Waals surface area contributed by atoms with E-state index >= 15 is 0 Å². The molecule has 1 rings (SSSR count). The third-order valence-electron chi connectivity index (χ3n) is 2.99. The number of hydrogen-bond donors (Lipinski definition) is 1. The van der Waals surface area contributed by atoms with E-state index in [1.165, 1.54) is 6.26 Å². The number of carbonyl (C=O) groups is 1. The average Bonchev–Trinajstić information content (AvgIpc) is 2.60. The van der Waals surface area contributed by atoms with Crippen LogP contribution in [0.3, 0.4) is 0 Å². The van der Waals surface area contributed by atoms with Crippen LogP contribution in [0, 0.1) is 0 Å². The molecule has 0 saturated heterocycles. The molecule has 0 aromatic carbocycles. The molecule has 1 saturated carbocycles. The summed E-state index contributed by atoms with van der Waals surface area (Å²) in [6.07, 6.45) is 3.25. The van der Waals surface area contributed by atoms with Crippen molar-refractivity contribution < 1.29 is 17.9 Å². The van der Waals surface area contributed by atoms with Crippen molar-refractivity contribution in [2.24, 2.45) is 5.73 Å². The van der Waals surface area contributed by atoms with Crippen LogP contribution in [0.4, 0.5) is 0 Å². The molecule has 5 nitrogen and oxygen atoms in total. The number of sulfone groups is 1. The Hall–Kier alpha value is -0.270. The van der Waals surface area contributed by atoms with E-state index in [4.69, 9.17) is 10.5 Å². The number of rotatable bonds is 6.